The van der Waals surface area contributed by atoms with Crippen molar-refractivity contribution in [3.05, 3.63) is 76.9 Å². The Hall–Kier alpha value is -2.97. The first-order valence-corrected chi connectivity index (χ1v) is 10.0. The summed E-state index contributed by atoms with van der Waals surface area (Å²) in [5.41, 5.74) is -2.75. The van der Waals surface area contributed by atoms with Crippen LogP contribution in [0.25, 0.3) is 5.57 Å². The zero-order chi connectivity index (χ0) is 23.1. The zero-order valence-corrected chi connectivity index (χ0v) is 16.7. The van der Waals surface area contributed by atoms with Gasteiger partial charge in [-0.1, -0.05) is 42.5 Å². The molecule has 0 radical (unpaired) electrons. The molecule has 0 spiro atoms. The third-order valence-corrected chi connectivity index (χ3v) is 5.81. The predicted molar refractivity (Wildman–Crippen MR) is 104 cm³/mol. The largest absolute Gasteiger partial charge is 0.445 e. The van der Waals surface area contributed by atoms with Crippen LogP contribution in [0, 0.1) is 0 Å². The first-order valence-electron chi connectivity index (χ1n) is 10.0. The van der Waals surface area contributed by atoms with Crippen molar-refractivity contribution in [2.75, 3.05) is 0 Å². The Morgan fingerprint density at radius 1 is 0.906 bits per heavy atom. The van der Waals surface area contributed by atoms with Gasteiger partial charge in [-0.25, -0.2) is 4.79 Å². The van der Waals surface area contributed by atoms with Crippen molar-refractivity contribution < 1.29 is 35.9 Å². The Morgan fingerprint density at radius 3 is 2.09 bits per heavy atom. The third kappa shape index (κ3) is 4.33. The van der Waals surface area contributed by atoms with Crippen molar-refractivity contribution >= 4 is 11.7 Å². The van der Waals surface area contributed by atoms with Crippen LogP contribution in [0.1, 0.15) is 41.5 Å². The van der Waals surface area contributed by atoms with Crippen LogP contribution in [0.3, 0.4) is 0 Å². The summed E-state index contributed by atoms with van der Waals surface area (Å²) >= 11 is 0. The second-order valence-electron chi connectivity index (χ2n) is 7.87. The van der Waals surface area contributed by atoms with Crippen molar-refractivity contribution in [2.24, 2.45) is 0 Å². The number of carbonyl (C=O) groups excluding carboxylic acids is 1. The number of carbonyl (C=O) groups is 1. The molecule has 2 aromatic rings. The first kappa shape index (κ1) is 22.2. The van der Waals surface area contributed by atoms with E-state index >= 15 is 0 Å². The molecule has 2 aliphatic rings. The Labute approximate surface area is 180 Å². The highest BCUT2D eigenvalue weighted by atomic mass is 19.4. The lowest BCUT2D eigenvalue weighted by molar-refractivity contribution is -0.143. The van der Waals surface area contributed by atoms with Crippen molar-refractivity contribution in [1.29, 1.82) is 0 Å². The van der Waals surface area contributed by atoms with Crippen molar-refractivity contribution in [3.63, 3.8) is 0 Å². The summed E-state index contributed by atoms with van der Waals surface area (Å²) in [4.78, 5) is 14.1. The summed E-state index contributed by atoms with van der Waals surface area (Å²) in [6.45, 7) is 0.0291. The van der Waals surface area contributed by atoms with E-state index in [1.54, 1.807) is 24.3 Å². The number of alkyl halides is 6. The van der Waals surface area contributed by atoms with E-state index in [2.05, 4.69) is 0 Å². The summed E-state index contributed by atoms with van der Waals surface area (Å²) in [6, 6.07) is 9.91. The highest BCUT2D eigenvalue weighted by molar-refractivity contribution is 5.77. The van der Waals surface area contributed by atoms with E-state index in [-0.39, 0.29) is 18.6 Å². The van der Waals surface area contributed by atoms with Gasteiger partial charge in [0.25, 0.3) is 0 Å². The van der Waals surface area contributed by atoms with Crippen LogP contribution in [0.15, 0.2) is 54.6 Å². The number of halogens is 6. The average Bonchev–Trinajstić information content (AvgIpc) is 3.00. The summed E-state index contributed by atoms with van der Waals surface area (Å²) in [5.74, 6) is 0. The van der Waals surface area contributed by atoms with Gasteiger partial charge in [-0.3, -0.25) is 4.90 Å². The number of fused-ring (bicyclic) bond motifs is 2. The maximum Gasteiger partial charge on any atom is 0.417 e. The topological polar surface area (TPSA) is 29.5 Å². The lowest BCUT2D eigenvalue weighted by Gasteiger charge is -2.34. The van der Waals surface area contributed by atoms with Gasteiger partial charge >= 0.3 is 18.4 Å². The van der Waals surface area contributed by atoms with Gasteiger partial charge in [0.05, 0.1) is 17.2 Å². The van der Waals surface area contributed by atoms with Crippen molar-refractivity contribution in [3.8, 4) is 0 Å². The van der Waals surface area contributed by atoms with Gasteiger partial charge in [0.15, 0.2) is 0 Å². The van der Waals surface area contributed by atoms with Crippen molar-refractivity contribution in [2.45, 2.75) is 50.3 Å². The monoisotopic (exact) mass is 455 g/mol. The number of rotatable bonds is 3. The maximum atomic E-state index is 13.6. The summed E-state index contributed by atoms with van der Waals surface area (Å²) < 4.78 is 86.8. The minimum atomic E-state index is -4.94. The zero-order valence-electron chi connectivity index (χ0n) is 16.7. The lowest BCUT2D eigenvalue weighted by atomic mass is 9.87. The van der Waals surface area contributed by atoms with Crippen LogP contribution in [0.4, 0.5) is 31.1 Å². The number of benzene rings is 2. The van der Waals surface area contributed by atoms with Crippen LogP contribution in [-0.2, 0) is 23.7 Å². The predicted octanol–water partition coefficient (Wildman–Crippen LogP) is 6.68. The second kappa shape index (κ2) is 8.18. The molecule has 170 valence electrons. The molecule has 3 nitrogen and oxygen atoms in total. The smallest absolute Gasteiger partial charge is 0.417 e. The fourth-order valence-electron chi connectivity index (χ4n) is 4.46. The van der Waals surface area contributed by atoms with Crippen LogP contribution < -0.4 is 0 Å². The third-order valence-electron chi connectivity index (χ3n) is 5.81. The first-order chi connectivity index (χ1) is 15.1. The fraction of sp³-hybridized carbons (Fsp3) is 0.348. The molecule has 2 bridgehead atoms. The van der Waals surface area contributed by atoms with Gasteiger partial charge in [-0.05, 0) is 42.5 Å². The normalized spacial score (nSPS) is 20.8. The molecule has 2 aromatic carbocycles. The minimum absolute atomic E-state index is 0.0291. The summed E-state index contributed by atoms with van der Waals surface area (Å²) in [6.07, 6.45) is -8.34. The van der Waals surface area contributed by atoms with Crippen LogP contribution >= 0.6 is 0 Å². The molecule has 1 saturated heterocycles. The molecule has 0 N–H and O–H groups in total. The highest BCUT2D eigenvalue weighted by Crippen LogP contribution is 2.47. The lowest BCUT2D eigenvalue weighted by Crippen LogP contribution is -2.43. The number of ether oxygens (including phenoxy) is 1. The molecule has 0 aliphatic carbocycles. The Kier molecular flexibility index (Phi) is 5.68. The van der Waals surface area contributed by atoms with Gasteiger partial charge in [-0.15, -0.1) is 0 Å². The molecule has 2 aliphatic heterocycles. The van der Waals surface area contributed by atoms with E-state index in [0.717, 1.165) is 11.6 Å². The van der Waals surface area contributed by atoms with Gasteiger partial charge in [0, 0.05) is 11.6 Å². The standard InChI is InChI=1S/C23H19F6NO2/c24-22(25,26)18-7-4-8-19(23(27,28)29)20(18)15-11-16-9-10-17(12-15)30(16)21(31)32-13-14-5-2-1-3-6-14/h1-8,11,16-17H,9-10,12-13H2. The number of hydrogen-bond donors (Lipinski definition) is 0. The Balaban J connectivity index is 1.64. The van der Waals surface area contributed by atoms with Gasteiger partial charge < -0.3 is 4.74 Å². The minimum Gasteiger partial charge on any atom is -0.445 e. The molecule has 9 heteroatoms. The molecule has 2 atom stereocenters. The number of hydrogen-bond acceptors (Lipinski definition) is 2. The molecule has 0 aromatic heterocycles. The maximum absolute atomic E-state index is 13.6. The quantitative estimate of drug-likeness (QED) is 0.483. The molecule has 2 heterocycles. The van der Waals surface area contributed by atoms with E-state index in [0.29, 0.717) is 25.0 Å². The number of amides is 1. The number of nitrogens with zero attached hydrogens (tertiary/aromatic N) is 1. The molecule has 4 rings (SSSR count). The summed E-state index contributed by atoms with van der Waals surface area (Å²) in [5, 5.41) is 0. The van der Waals surface area contributed by atoms with E-state index in [9.17, 15) is 31.1 Å². The molecule has 1 fully saturated rings. The van der Waals surface area contributed by atoms with Crippen LogP contribution in [0.2, 0.25) is 0 Å². The fourth-order valence-corrected chi connectivity index (χ4v) is 4.46. The molecule has 2 unspecified atom stereocenters. The van der Waals surface area contributed by atoms with Crippen LogP contribution in [-0.4, -0.2) is 23.1 Å². The van der Waals surface area contributed by atoms with E-state index in [1.807, 2.05) is 6.07 Å². The van der Waals surface area contributed by atoms with Gasteiger partial charge in [-0.2, -0.15) is 26.3 Å². The van der Waals surface area contributed by atoms with Gasteiger partial charge in [0.2, 0.25) is 0 Å². The Bertz CT molecular complexity index is 997. The van der Waals surface area contributed by atoms with E-state index in [1.165, 1.54) is 11.0 Å². The SMILES string of the molecule is O=C(OCc1ccccc1)N1C2C=C(c3c(C(F)(F)F)cccc3C(F)(F)F)CC1CC2. The molecular weight excluding hydrogens is 436 g/mol. The second-order valence-corrected chi connectivity index (χ2v) is 7.87. The van der Waals surface area contributed by atoms with E-state index < -0.39 is 47.2 Å². The molecule has 0 saturated carbocycles. The summed E-state index contributed by atoms with van der Waals surface area (Å²) in [7, 11) is 0. The van der Waals surface area contributed by atoms with Gasteiger partial charge in [0.1, 0.15) is 6.61 Å². The molecular formula is C23H19F6NO2. The average molecular weight is 455 g/mol. The van der Waals surface area contributed by atoms with E-state index in [4.69, 9.17) is 4.74 Å². The molecule has 1 amide bonds. The molecule has 32 heavy (non-hydrogen) atoms. The highest BCUT2D eigenvalue weighted by Gasteiger charge is 2.45. The van der Waals surface area contributed by atoms with Crippen LogP contribution in [0.5, 0.6) is 0 Å². The Morgan fingerprint density at radius 2 is 1.53 bits per heavy atom. The van der Waals surface area contributed by atoms with Crippen molar-refractivity contribution in [1.82, 2.24) is 4.90 Å².